The summed E-state index contributed by atoms with van der Waals surface area (Å²) in [5.74, 6) is 1.39. The van der Waals surface area contributed by atoms with E-state index in [2.05, 4.69) is 10.6 Å². The van der Waals surface area contributed by atoms with E-state index < -0.39 is 0 Å². The Hall–Kier alpha value is -1.75. The van der Waals surface area contributed by atoms with Crippen molar-refractivity contribution in [2.24, 2.45) is 0 Å². The van der Waals surface area contributed by atoms with Crippen LogP contribution in [0.25, 0.3) is 0 Å². The fraction of sp³-hybridized carbons (Fsp3) is 0.533. The van der Waals surface area contributed by atoms with Crippen LogP contribution < -0.4 is 20.1 Å². The largest absolute Gasteiger partial charge is 0.497 e. The Morgan fingerprint density at radius 3 is 2.45 bits per heavy atom. The predicted molar refractivity (Wildman–Crippen MR) is 79.1 cm³/mol. The number of ether oxygens (including phenoxy) is 2. The molecule has 0 saturated heterocycles. The Bertz CT molecular complexity index is 453. The van der Waals surface area contributed by atoms with E-state index in [0.29, 0.717) is 18.8 Å². The van der Waals surface area contributed by atoms with Crippen molar-refractivity contribution in [2.75, 3.05) is 20.8 Å². The van der Waals surface area contributed by atoms with Crippen LogP contribution in [-0.4, -0.2) is 32.2 Å². The topological polar surface area (TPSA) is 59.6 Å². The molecule has 0 aliphatic heterocycles. The molecule has 1 aromatic carbocycles. The maximum Gasteiger partial charge on any atom is 0.234 e. The van der Waals surface area contributed by atoms with E-state index in [1.807, 2.05) is 32.9 Å². The Balaban J connectivity index is 2.55. The van der Waals surface area contributed by atoms with E-state index in [4.69, 9.17) is 9.47 Å². The van der Waals surface area contributed by atoms with Crippen LogP contribution >= 0.6 is 0 Å². The van der Waals surface area contributed by atoms with Crippen LogP contribution in [0.2, 0.25) is 0 Å². The molecule has 20 heavy (non-hydrogen) atoms. The molecule has 0 bridgehead atoms. The highest BCUT2D eigenvalue weighted by Crippen LogP contribution is 2.24. The van der Waals surface area contributed by atoms with Crippen molar-refractivity contribution < 1.29 is 14.3 Å². The predicted octanol–water partition coefficient (Wildman–Crippen LogP) is 1.71. The van der Waals surface area contributed by atoms with Gasteiger partial charge in [-0.25, -0.2) is 0 Å². The average Bonchev–Trinajstić information content (AvgIpc) is 2.41. The van der Waals surface area contributed by atoms with Gasteiger partial charge in [-0.05, 0) is 32.9 Å². The first-order valence-electron chi connectivity index (χ1n) is 6.58. The number of methoxy groups -OCH3 is 2. The third-order valence-corrected chi connectivity index (χ3v) is 2.75. The van der Waals surface area contributed by atoms with E-state index in [0.717, 1.165) is 11.3 Å². The molecule has 0 spiro atoms. The molecule has 1 aromatic rings. The first-order chi connectivity index (χ1) is 9.35. The Morgan fingerprint density at radius 2 is 1.90 bits per heavy atom. The second kappa shape index (κ2) is 7.14. The SMILES string of the molecule is COc1ccc(CNC(=O)CNC(C)(C)C)c(OC)c1. The molecule has 5 heteroatoms. The van der Waals surface area contributed by atoms with Gasteiger partial charge in [0.05, 0.1) is 20.8 Å². The molecule has 0 radical (unpaired) electrons. The summed E-state index contributed by atoms with van der Waals surface area (Å²) in [6.45, 7) is 6.78. The van der Waals surface area contributed by atoms with Crippen molar-refractivity contribution in [3.63, 3.8) is 0 Å². The van der Waals surface area contributed by atoms with Gasteiger partial charge < -0.3 is 20.1 Å². The molecule has 0 atom stereocenters. The smallest absolute Gasteiger partial charge is 0.234 e. The van der Waals surface area contributed by atoms with Gasteiger partial charge >= 0.3 is 0 Å². The Kier molecular flexibility index (Phi) is 5.82. The third kappa shape index (κ3) is 5.48. The lowest BCUT2D eigenvalue weighted by Gasteiger charge is -2.20. The molecule has 0 aromatic heterocycles. The van der Waals surface area contributed by atoms with Crippen LogP contribution in [0, 0.1) is 0 Å². The molecule has 0 unspecified atom stereocenters. The molecule has 0 fully saturated rings. The molecule has 0 saturated carbocycles. The van der Waals surface area contributed by atoms with Gasteiger partial charge in [-0.1, -0.05) is 0 Å². The molecular weight excluding hydrogens is 256 g/mol. The number of carbonyl (C=O) groups excluding carboxylic acids is 1. The van der Waals surface area contributed by atoms with Crippen LogP contribution in [0.15, 0.2) is 18.2 Å². The van der Waals surface area contributed by atoms with Crippen molar-refractivity contribution in [2.45, 2.75) is 32.9 Å². The van der Waals surface area contributed by atoms with Gasteiger partial charge in [0.2, 0.25) is 5.91 Å². The van der Waals surface area contributed by atoms with E-state index in [1.54, 1.807) is 20.3 Å². The highest BCUT2D eigenvalue weighted by Gasteiger charge is 2.12. The van der Waals surface area contributed by atoms with Crippen LogP contribution in [-0.2, 0) is 11.3 Å². The molecule has 5 nitrogen and oxygen atoms in total. The molecule has 112 valence electrons. The van der Waals surface area contributed by atoms with Crippen molar-refractivity contribution >= 4 is 5.91 Å². The monoisotopic (exact) mass is 280 g/mol. The fourth-order valence-electron chi connectivity index (χ4n) is 1.60. The highest BCUT2D eigenvalue weighted by atomic mass is 16.5. The highest BCUT2D eigenvalue weighted by molar-refractivity contribution is 5.78. The summed E-state index contributed by atoms with van der Waals surface area (Å²) in [5.41, 5.74) is 0.840. The van der Waals surface area contributed by atoms with E-state index in [9.17, 15) is 4.79 Å². The number of benzene rings is 1. The van der Waals surface area contributed by atoms with Crippen molar-refractivity contribution in [1.29, 1.82) is 0 Å². The minimum Gasteiger partial charge on any atom is -0.497 e. The van der Waals surface area contributed by atoms with Crippen LogP contribution in [0.5, 0.6) is 11.5 Å². The first kappa shape index (κ1) is 16.3. The molecule has 1 amide bonds. The average molecular weight is 280 g/mol. The molecular formula is C15H24N2O3. The summed E-state index contributed by atoms with van der Waals surface area (Å²) in [5, 5.41) is 6.00. The van der Waals surface area contributed by atoms with Crippen LogP contribution in [0.3, 0.4) is 0 Å². The maximum atomic E-state index is 11.7. The lowest BCUT2D eigenvalue weighted by molar-refractivity contribution is -0.120. The second-order valence-electron chi connectivity index (χ2n) is 5.56. The zero-order chi connectivity index (χ0) is 15.2. The summed E-state index contributed by atoms with van der Waals surface area (Å²) in [4.78, 5) is 11.7. The van der Waals surface area contributed by atoms with Gasteiger partial charge in [0.25, 0.3) is 0 Å². The molecule has 1 rings (SSSR count). The summed E-state index contributed by atoms with van der Waals surface area (Å²) < 4.78 is 10.4. The van der Waals surface area contributed by atoms with Gasteiger partial charge in [0.15, 0.2) is 0 Å². The summed E-state index contributed by atoms with van der Waals surface area (Å²) >= 11 is 0. The van der Waals surface area contributed by atoms with Crippen molar-refractivity contribution in [3.05, 3.63) is 23.8 Å². The zero-order valence-electron chi connectivity index (χ0n) is 12.9. The summed E-state index contributed by atoms with van der Waals surface area (Å²) in [6, 6.07) is 5.53. The molecule has 0 aliphatic rings. The van der Waals surface area contributed by atoms with E-state index in [1.165, 1.54) is 0 Å². The summed E-state index contributed by atoms with van der Waals surface area (Å²) in [7, 11) is 3.20. The molecule has 2 N–H and O–H groups in total. The first-order valence-corrected chi connectivity index (χ1v) is 6.58. The number of amides is 1. The minimum atomic E-state index is -0.0743. The minimum absolute atomic E-state index is 0.0437. The van der Waals surface area contributed by atoms with Gasteiger partial charge in [0, 0.05) is 23.7 Å². The van der Waals surface area contributed by atoms with Gasteiger partial charge in [-0.2, -0.15) is 0 Å². The fourth-order valence-corrected chi connectivity index (χ4v) is 1.60. The normalized spacial score (nSPS) is 11.1. The number of rotatable bonds is 6. The maximum absolute atomic E-state index is 11.7. The van der Waals surface area contributed by atoms with Gasteiger partial charge in [-0.15, -0.1) is 0 Å². The van der Waals surface area contributed by atoms with Crippen molar-refractivity contribution in [1.82, 2.24) is 10.6 Å². The van der Waals surface area contributed by atoms with Gasteiger partial charge in [0.1, 0.15) is 11.5 Å². The number of carbonyl (C=O) groups is 1. The number of hydrogen-bond donors (Lipinski definition) is 2. The quantitative estimate of drug-likeness (QED) is 0.833. The zero-order valence-corrected chi connectivity index (χ0v) is 12.9. The van der Waals surface area contributed by atoms with Crippen LogP contribution in [0.1, 0.15) is 26.3 Å². The Morgan fingerprint density at radius 1 is 1.20 bits per heavy atom. The number of nitrogens with one attached hydrogen (secondary N) is 2. The lowest BCUT2D eigenvalue weighted by Crippen LogP contribution is -2.43. The van der Waals surface area contributed by atoms with E-state index in [-0.39, 0.29) is 11.4 Å². The summed E-state index contributed by atoms with van der Waals surface area (Å²) in [6.07, 6.45) is 0. The van der Waals surface area contributed by atoms with Crippen LogP contribution in [0.4, 0.5) is 0 Å². The lowest BCUT2D eigenvalue weighted by atomic mass is 10.1. The molecule has 0 heterocycles. The molecule has 0 aliphatic carbocycles. The van der Waals surface area contributed by atoms with Crippen molar-refractivity contribution in [3.8, 4) is 11.5 Å². The Labute approximate surface area is 120 Å². The van der Waals surface area contributed by atoms with E-state index >= 15 is 0 Å². The second-order valence-corrected chi connectivity index (χ2v) is 5.56. The standard InChI is InChI=1S/C15H24N2O3/c1-15(2,3)17-10-14(18)16-9-11-6-7-12(19-4)8-13(11)20-5/h6-8,17H,9-10H2,1-5H3,(H,16,18). The third-order valence-electron chi connectivity index (χ3n) is 2.75. The number of hydrogen-bond acceptors (Lipinski definition) is 4. The van der Waals surface area contributed by atoms with Gasteiger partial charge in [-0.3, -0.25) is 4.79 Å².